The highest BCUT2D eigenvalue weighted by molar-refractivity contribution is 6.65. The Morgan fingerprint density at radius 2 is 2.00 bits per heavy atom. The lowest BCUT2D eigenvalue weighted by atomic mass is 10.1. The Morgan fingerprint density at radius 1 is 1.42 bits per heavy atom. The van der Waals surface area contributed by atoms with Gasteiger partial charge < -0.3 is 4.74 Å². The number of carbonyl (C=O) groups excluding carboxylic acids is 2. The molecule has 0 saturated carbocycles. The second-order valence-electron chi connectivity index (χ2n) is 2.40. The van der Waals surface area contributed by atoms with E-state index in [4.69, 9.17) is 11.6 Å². The van der Waals surface area contributed by atoms with Gasteiger partial charge in [0.2, 0.25) is 5.24 Å². The van der Waals surface area contributed by atoms with Gasteiger partial charge in [0.1, 0.15) is 5.92 Å². The van der Waals surface area contributed by atoms with Crippen LogP contribution in [0, 0.1) is 5.92 Å². The zero-order valence-electron chi connectivity index (χ0n) is 7.30. The second kappa shape index (κ2) is 6.00. The summed E-state index contributed by atoms with van der Waals surface area (Å²) in [6.07, 6.45) is 1.20. The molecule has 0 rings (SSSR count). The summed E-state index contributed by atoms with van der Waals surface area (Å²) >= 11 is 5.21. The van der Waals surface area contributed by atoms with Gasteiger partial charge in [-0.3, -0.25) is 9.59 Å². The van der Waals surface area contributed by atoms with Crippen molar-refractivity contribution in [2.24, 2.45) is 5.92 Å². The number of carbonyl (C=O) groups is 2. The molecule has 0 aromatic carbocycles. The van der Waals surface area contributed by atoms with Gasteiger partial charge in [0.25, 0.3) is 0 Å². The van der Waals surface area contributed by atoms with Gasteiger partial charge in [0, 0.05) is 0 Å². The quantitative estimate of drug-likeness (QED) is 0.379. The summed E-state index contributed by atoms with van der Waals surface area (Å²) in [5.74, 6) is -1.30. The highest BCUT2D eigenvalue weighted by Crippen LogP contribution is 2.12. The Balaban J connectivity index is 4.09. The standard InChI is InChI=1S/C8H13ClO3/c1-3-5-6(7(9)10)8(11)12-4-2/h6H,3-5H2,1-2H3. The van der Waals surface area contributed by atoms with E-state index in [0.29, 0.717) is 6.42 Å². The van der Waals surface area contributed by atoms with Crippen LogP contribution in [0.25, 0.3) is 0 Å². The smallest absolute Gasteiger partial charge is 0.317 e. The number of hydrogen-bond acceptors (Lipinski definition) is 3. The van der Waals surface area contributed by atoms with Crippen molar-refractivity contribution in [3.05, 3.63) is 0 Å². The molecule has 1 unspecified atom stereocenters. The predicted octanol–water partition coefficient (Wildman–Crippen LogP) is 1.73. The Bertz CT molecular complexity index is 168. The van der Waals surface area contributed by atoms with E-state index >= 15 is 0 Å². The van der Waals surface area contributed by atoms with Crippen molar-refractivity contribution in [2.45, 2.75) is 26.7 Å². The van der Waals surface area contributed by atoms with Crippen LogP contribution >= 0.6 is 11.6 Å². The van der Waals surface area contributed by atoms with E-state index in [0.717, 1.165) is 6.42 Å². The molecule has 0 spiro atoms. The molecule has 0 aromatic heterocycles. The second-order valence-corrected chi connectivity index (χ2v) is 2.77. The highest BCUT2D eigenvalue weighted by Gasteiger charge is 2.24. The predicted molar refractivity (Wildman–Crippen MR) is 45.9 cm³/mol. The van der Waals surface area contributed by atoms with Crippen molar-refractivity contribution in [3.63, 3.8) is 0 Å². The summed E-state index contributed by atoms with van der Waals surface area (Å²) in [7, 11) is 0. The van der Waals surface area contributed by atoms with Gasteiger partial charge in [-0.1, -0.05) is 13.3 Å². The molecule has 1 atom stereocenters. The lowest BCUT2D eigenvalue weighted by Gasteiger charge is -2.09. The summed E-state index contributed by atoms with van der Waals surface area (Å²) < 4.78 is 4.67. The van der Waals surface area contributed by atoms with Crippen molar-refractivity contribution < 1.29 is 14.3 Å². The molecule has 0 amide bonds. The lowest BCUT2D eigenvalue weighted by molar-refractivity contribution is -0.150. The van der Waals surface area contributed by atoms with Gasteiger partial charge >= 0.3 is 5.97 Å². The molecule has 0 fully saturated rings. The molecule has 0 aliphatic carbocycles. The van der Waals surface area contributed by atoms with E-state index in [9.17, 15) is 9.59 Å². The Labute approximate surface area is 77.0 Å². The fourth-order valence-electron chi connectivity index (χ4n) is 0.856. The van der Waals surface area contributed by atoms with Gasteiger partial charge in [-0.25, -0.2) is 0 Å². The maximum Gasteiger partial charge on any atom is 0.317 e. The lowest BCUT2D eigenvalue weighted by Crippen LogP contribution is -2.22. The zero-order valence-corrected chi connectivity index (χ0v) is 8.06. The number of esters is 1. The molecular formula is C8H13ClO3. The average Bonchev–Trinajstić information content (AvgIpc) is 1.99. The first-order chi connectivity index (χ1) is 5.63. The summed E-state index contributed by atoms with van der Waals surface area (Å²) in [5, 5.41) is -0.629. The largest absolute Gasteiger partial charge is 0.465 e. The molecule has 0 aliphatic rings. The zero-order chi connectivity index (χ0) is 9.56. The van der Waals surface area contributed by atoms with Crippen LogP contribution in [0.15, 0.2) is 0 Å². The molecule has 0 radical (unpaired) electrons. The minimum atomic E-state index is -0.781. The molecule has 4 heteroatoms. The summed E-state index contributed by atoms with van der Waals surface area (Å²) in [5.41, 5.74) is 0. The number of halogens is 1. The van der Waals surface area contributed by atoms with E-state index in [2.05, 4.69) is 4.74 Å². The number of hydrogen-bond donors (Lipinski definition) is 0. The van der Waals surface area contributed by atoms with Crippen LogP contribution in [-0.4, -0.2) is 17.8 Å². The Hall–Kier alpha value is -0.570. The van der Waals surface area contributed by atoms with Crippen molar-refractivity contribution >= 4 is 22.8 Å². The maximum atomic E-state index is 11.0. The SMILES string of the molecule is CCCC(C(=O)Cl)C(=O)OCC. The fraction of sp³-hybridized carbons (Fsp3) is 0.750. The van der Waals surface area contributed by atoms with Crippen LogP contribution in [0.4, 0.5) is 0 Å². The minimum absolute atomic E-state index is 0.281. The van der Waals surface area contributed by atoms with Gasteiger partial charge in [-0.05, 0) is 24.9 Å². The number of rotatable bonds is 5. The van der Waals surface area contributed by atoms with Gasteiger partial charge in [0.15, 0.2) is 0 Å². The first-order valence-electron chi connectivity index (χ1n) is 3.99. The summed E-state index contributed by atoms with van der Waals surface area (Å²) in [4.78, 5) is 21.8. The van der Waals surface area contributed by atoms with Crippen LogP contribution in [-0.2, 0) is 14.3 Å². The van der Waals surface area contributed by atoms with Crippen molar-refractivity contribution in [1.29, 1.82) is 0 Å². The highest BCUT2D eigenvalue weighted by atomic mass is 35.5. The molecule has 0 saturated heterocycles. The van der Waals surface area contributed by atoms with Gasteiger partial charge in [-0.15, -0.1) is 0 Å². The third-order valence-corrected chi connectivity index (χ3v) is 1.69. The van der Waals surface area contributed by atoms with Crippen LogP contribution in [0.1, 0.15) is 26.7 Å². The third-order valence-electron chi connectivity index (χ3n) is 1.42. The Morgan fingerprint density at radius 3 is 2.33 bits per heavy atom. The molecule has 12 heavy (non-hydrogen) atoms. The molecule has 70 valence electrons. The van der Waals surface area contributed by atoms with E-state index in [-0.39, 0.29) is 6.61 Å². The van der Waals surface area contributed by atoms with Crippen LogP contribution in [0.2, 0.25) is 0 Å². The van der Waals surface area contributed by atoms with Crippen LogP contribution in [0.3, 0.4) is 0 Å². The van der Waals surface area contributed by atoms with E-state index in [1.165, 1.54) is 0 Å². The topological polar surface area (TPSA) is 43.4 Å². The molecule has 0 aliphatic heterocycles. The van der Waals surface area contributed by atoms with E-state index < -0.39 is 17.1 Å². The Kier molecular flexibility index (Phi) is 5.72. The van der Waals surface area contributed by atoms with Gasteiger partial charge in [0.05, 0.1) is 6.61 Å². The first kappa shape index (κ1) is 11.4. The van der Waals surface area contributed by atoms with E-state index in [1.807, 2.05) is 6.92 Å². The van der Waals surface area contributed by atoms with Gasteiger partial charge in [-0.2, -0.15) is 0 Å². The summed E-state index contributed by atoms with van der Waals surface area (Å²) in [6, 6.07) is 0. The molecule has 3 nitrogen and oxygen atoms in total. The van der Waals surface area contributed by atoms with Crippen molar-refractivity contribution in [1.82, 2.24) is 0 Å². The molecular weight excluding hydrogens is 180 g/mol. The normalized spacial score (nSPS) is 12.2. The number of ether oxygens (including phenoxy) is 1. The van der Waals surface area contributed by atoms with Crippen molar-refractivity contribution in [3.8, 4) is 0 Å². The summed E-state index contributed by atoms with van der Waals surface area (Å²) in [6.45, 7) is 3.86. The maximum absolute atomic E-state index is 11.0. The van der Waals surface area contributed by atoms with Crippen LogP contribution < -0.4 is 0 Å². The molecule has 0 heterocycles. The van der Waals surface area contributed by atoms with Crippen molar-refractivity contribution in [2.75, 3.05) is 6.61 Å². The van der Waals surface area contributed by atoms with Crippen LogP contribution in [0.5, 0.6) is 0 Å². The van der Waals surface area contributed by atoms with E-state index in [1.54, 1.807) is 6.92 Å². The monoisotopic (exact) mass is 192 g/mol. The molecule has 0 bridgehead atoms. The fourth-order valence-corrected chi connectivity index (χ4v) is 1.05. The minimum Gasteiger partial charge on any atom is -0.465 e. The third kappa shape index (κ3) is 3.72. The molecule has 0 aromatic rings. The first-order valence-corrected chi connectivity index (χ1v) is 4.37. The molecule has 0 N–H and O–H groups in total. The average molecular weight is 193 g/mol.